The SMILES string of the molecule is CC(=O)c1csc(NC(=O)C2CCN(C(=O)N3CCCC3)CC2)n1. The van der Waals surface area contributed by atoms with Gasteiger partial charge in [-0.1, -0.05) is 0 Å². The third-order valence-corrected chi connectivity index (χ3v) is 5.37. The fraction of sp³-hybridized carbons (Fsp3) is 0.625. The molecule has 8 heteroatoms. The molecule has 3 rings (SSSR count). The Hall–Kier alpha value is -1.96. The number of ketones is 1. The van der Waals surface area contributed by atoms with E-state index in [2.05, 4.69) is 10.3 Å². The molecule has 130 valence electrons. The fourth-order valence-electron chi connectivity index (χ4n) is 3.14. The number of carbonyl (C=O) groups excluding carboxylic acids is 3. The molecule has 0 saturated carbocycles. The van der Waals surface area contributed by atoms with Crippen molar-refractivity contribution < 1.29 is 14.4 Å². The first-order valence-electron chi connectivity index (χ1n) is 8.36. The molecule has 0 radical (unpaired) electrons. The van der Waals surface area contributed by atoms with Crippen LogP contribution in [0.1, 0.15) is 43.1 Å². The zero-order valence-corrected chi connectivity index (χ0v) is 14.6. The first kappa shape index (κ1) is 16.9. The smallest absolute Gasteiger partial charge is 0.319 e. The number of likely N-dealkylation sites (tertiary alicyclic amines) is 2. The van der Waals surface area contributed by atoms with Gasteiger partial charge in [0.05, 0.1) is 0 Å². The Bertz CT molecular complexity index is 631. The molecule has 2 fully saturated rings. The standard InChI is InChI=1S/C16H22N4O3S/c1-11(21)13-10-24-15(17-13)18-14(22)12-4-8-20(9-5-12)16(23)19-6-2-3-7-19/h10,12H,2-9H2,1H3,(H,17,18,22). The van der Waals surface area contributed by atoms with Gasteiger partial charge in [-0.2, -0.15) is 0 Å². The molecule has 1 N–H and O–H groups in total. The number of hydrogen-bond acceptors (Lipinski definition) is 5. The van der Waals surface area contributed by atoms with E-state index in [1.165, 1.54) is 18.3 Å². The summed E-state index contributed by atoms with van der Waals surface area (Å²) in [4.78, 5) is 43.8. The average molecular weight is 350 g/mol. The molecular weight excluding hydrogens is 328 g/mol. The largest absolute Gasteiger partial charge is 0.325 e. The summed E-state index contributed by atoms with van der Waals surface area (Å²) in [6.45, 7) is 4.38. The highest BCUT2D eigenvalue weighted by atomic mass is 32.1. The number of piperidine rings is 1. The second-order valence-electron chi connectivity index (χ2n) is 6.32. The number of thiazole rings is 1. The summed E-state index contributed by atoms with van der Waals surface area (Å²) in [6.07, 6.45) is 3.49. The minimum absolute atomic E-state index is 0.0762. The zero-order valence-electron chi connectivity index (χ0n) is 13.8. The van der Waals surface area contributed by atoms with Gasteiger partial charge in [0.15, 0.2) is 10.9 Å². The molecular formula is C16H22N4O3S. The second kappa shape index (κ2) is 7.29. The molecule has 3 amide bonds. The average Bonchev–Trinajstić information content (AvgIpc) is 3.26. The van der Waals surface area contributed by atoms with Crippen LogP contribution in [0.3, 0.4) is 0 Å². The number of amides is 3. The summed E-state index contributed by atoms with van der Waals surface area (Å²) in [5.74, 6) is -0.300. The predicted octanol–water partition coefficient (Wildman–Crippen LogP) is 2.21. The number of nitrogens with one attached hydrogen (secondary N) is 1. The lowest BCUT2D eigenvalue weighted by Gasteiger charge is -2.33. The predicted molar refractivity (Wildman–Crippen MR) is 91.2 cm³/mol. The van der Waals surface area contributed by atoms with Gasteiger partial charge in [-0.25, -0.2) is 9.78 Å². The Morgan fingerprint density at radius 3 is 2.33 bits per heavy atom. The number of carbonyl (C=O) groups is 3. The maximum atomic E-state index is 12.3. The zero-order chi connectivity index (χ0) is 17.1. The molecule has 2 aliphatic heterocycles. The number of hydrogen-bond donors (Lipinski definition) is 1. The fourth-order valence-corrected chi connectivity index (χ4v) is 3.89. The Kier molecular flexibility index (Phi) is 5.13. The summed E-state index contributed by atoms with van der Waals surface area (Å²) >= 11 is 1.26. The van der Waals surface area contributed by atoms with Crippen molar-refractivity contribution in [3.8, 4) is 0 Å². The van der Waals surface area contributed by atoms with Gasteiger partial charge < -0.3 is 15.1 Å². The first-order chi connectivity index (χ1) is 11.5. The number of aromatic nitrogens is 1. The number of anilines is 1. The Morgan fingerprint density at radius 1 is 1.12 bits per heavy atom. The van der Waals surface area contributed by atoms with Crippen LogP contribution >= 0.6 is 11.3 Å². The van der Waals surface area contributed by atoms with Crippen LogP contribution in [-0.2, 0) is 4.79 Å². The highest BCUT2D eigenvalue weighted by Crippen LogP contribution is 2.23. The Balaban J connectivity index is 1.49. The number of nitrogens with zero attached hydrogens (tertiary/aromatic N) is 3. The van der Waals surface area contributed by atoms with E-state index >= 15 is 0 Å². The molecule has 24 heavy (non-hydrogen) atoms. The van der Waals surface area contributed by atoms with Gasteiger partial charge in [-0.05, 0) is 25.7 Å². The van der Waals surface area contributed by atoms with Gasteiger partial charge in [0.1, 0.15) is 5.69 Å². The van der Waals surface area contributed by atoms with Gasteiger partial charge >= 0.3 is 6.03 Å². The Morgan fingerprint density at radius 2 is 1.75 bits per heavy atom. The molecule has 1 aromatic heterocycles. The quantitative estimate of drug-likeness (QED) is 0.847. The third kappa shape index (κ3) is 3.75. The summed E-state index contributed by atoms with van der Waals surface area (Å²) < 4.78 is 0. The maximum absolute atomic E-state index is 12.3. The topological polar surface area (TPSA) is 82.6 Å². The van der Waals surface area contributed by atoms with Crippen molar-refractivity contribution in [2.45, 2.75) is 32.6 Å². The van der Waals surface area contributed by atoms with E-state index in [9.17, 15) is 14.4 Å². The van der Waals surface area contributed by atoms with Crippen LogP contribution in [0.2, 0.25) is 0 Å². The van der Waals surface area contributed by atoms with Crippen molar-refractivity contribution in [1.29, 1.82) is 0 Å². The number of urea groups is 1. The van der Waals surface area contributed by atoms with Crippen molar-refractivity contribution >= 4 is 34.2 Å². The van der Waals surface area contributed by atoms with E-state index in [1.807, 2.05) is 9.80 Å². The van der Waals surface area contributed by atoms with Crippen molar-refractivity contribution in [2.75, 3.05) is 31.5 Å². The molecule has 0 spiro atoms. The molecule has 0 aliphatic carbocycles. The molecule has 0 bridgehead atoms. The van der Waals surface area contributed by atoms with Crippen molar-refractivity contribution in [1.82, 2.24) is 14.8 Å². The van der Waals surface area contributed by atoms with E-state index in [0.29, 0.717) is 36.8 Å². The van der Waals surface area contributed by atoms with Gasteiger partial charge in [0.2, 0.25) is 5.91 Å². The highest BCUT2D eigenvalue weighted by molar-refractivity contribution is 7.14. The van der Waals surface area contributed by atoms with Crippen LogP contribution in [0.4, 0.5) is 9.93 Å². The number of rotatable bonds is 3. The first-order valence-corrected chi connectivity index (χ1v) is 9.24. The van der Waals surface area contributed by atoms with Crippen molar-refractivity contribution in [3.63, 3.8) is 0 Å². The van der Waals surface area contributed by atoms with Crippen LogP contribution in [0.5, 0.6) is 0 Å². The van der Waals surface area contributed by atoms with Gasteiger partial charge in [-0.3, -0.25) is 9.59 Å². The molecule has 2 saturated heterocycles. The molecule has 3 heterocycles. The monoisotopic (exact) mass is 350 g/mol. The van der Waals surface area contributed by atoms with E-state index < -0.39 is 0 Å². The van der Waals surface area contributed by atoms with Crippen LogP contribution < -0.4 is 5.32 Å². The summed E-state index contributed by atoms with van der Waals surface area (Å²) in [5, 5.41) is 4.90. The van der Waals surface area contributed by atoms with Crippen molar-refractivity contribution in [2.24, 2.45) is 5.92 Å². The summed E-state index contributed by atoms with van der Waals surface area (Å²) in [6, 6.07) is 0.109. The van der Waals surface area contributed by atoms with Crippen LogP contribution in [0, 0.1) is 5.92 Å². The molecule has 0 atom stereocenters. The highest BCUT2D eigenvalue weighted by Gasteiger charge is 2.30. The second-order valence-corrected chi connectivity index (χ2v) is 7.18. The van der Waals surface area contributed by atoms with E-state index in [4.69, 9.17) is 0 Å². The lowest BCUT2D eigenvalue weighted by molar-refractivity contribution is -0.121. The lowest BCUT2D eigenvalue weighted by Crippen LogP contribution is -2.47. The van der Waals surface area contributed by atoms with Crippen LogP contribution in [0.25, 0.3) is 0 Å². The van der Waals surface area contributed by atoms with E-state index in [-0.39, 0.29) is 23.6 Å². The normalized spacial score (nSPS) is 18.7. The van der Waals surface area contributed by atoms with E-state index in [0.717, 1.165) is 25.9 Å². The summed E-state index contributed by atoms with van der Waals surface area (Å²) in [5.41, 5.74) is 0.376. The molecule has 0 unspecified atom stereocenters. The number of Topliss-reactive ketones (excluding diaryl/α,β-unsaturated/α-hetero) is 1. The van der Waals surface area contributed by atoms with E-state index in [1.54, 1.807) is 5.38 Å². The minimum atomic E-state index is -0.114. The summed E-state index contributed by atoms with van der Waals surface area (Å²) in [7, 11) is 0. The van der Waals surface area contributed by atoms with Gasteiger partial charge in [0.25, 0.3) is 0 Å². The lowest BCUT2D eigenvalue weighted by atomic mass is 9.96. The maximum Gasteiger partial charge on any atom is 0.319 e. The van der Waals surface area contributed by atoms with Gasteiger partial charge in [0, 0.05) is 44.4 Å². The molecule has 7 nitrogen and oxygen atoms in total. The van der Waals surface area contributed by atoms with Gasteiger partial charge in [-0.15, -0.1) is 11.3 Å². The van der Waals surface area contributed by atoms with Crippen LogP contribution in [0.15, 0.2) is 5.38 Å². The Labute approximate surface area is 145 Å². The minimum Gasteiger partial charge on any atom is -0.325 e. The third-order valence-electron chi connectivity index (χ3n) is 4.61. The molecule has 1 aromatic rings. The molecule has 0 aromatic carbocycles. The van der Waals surface area contributed by atoms with Crippen molar-refractivity contribution in [3.05, 3.63) is 11.1 Å². The molecule has 2 aliphatic rings. The van der Waals surface area contributed by atoms with Crippen LogP contribution in [-0.4, -0.2) is 58.7 Å².